The molecule has 0 saturated carbocycles. The summed E-state index contributed by atoms with van der Waals surface area (Å²) in [6.07, 6.45) is 2.51. The number of nitrogens with zero attached hydrogens (tertiary/aromatic N) is 3. The number of imidazole rings is 1. The van der Waals surface area contributed by atoms with Crippen LogP contribution in [0.2, 0.25) is 5.02 Å². The zero-order chi connectivity index (χ0) is 13.4. The molecule has 2 N–H and O–H groups in total. The Morgan fingerprint density at radius 2 is 2.32 bits per heavy atom. The number of likely N-dealkylation sites (tertiary alicyclic amines) is 1. The fraction of sp³-hybridized carbons (Fsp3) is 0.500. The van der Waals surface area contributed by atoms with E-state index < -0.39 is 0 Å². The summed E-state index contributed by atoms with van der Waals surface area (Å²) in [5, 5.41) is 0.731. The summed E-state index contributed by atoms with van der Waals surface area (Å²) in [6.45, 7) is 3.25. The van der Waals surface area contributed by atoms with Crippen molar-refractivity contribution in [3.8, 4) is 0 Å². The first kappa shape index (κ1) is 12.8. The third kappa shape index (κ3) is 2.55. The molecule has 3 rings (SSSR count). The lowest BCUT2D eigenvalue weighted by Gasteiger charge is -2.30. The molecule has 1 aliphatic rings. The summed E-state index contributed by atoms with van der Waals surface area (Å²) < 4.78 is 2.10. The molecule has 5 heteroatoms. The first-order chi connectivity index (χ1) is 9.13. The van der Waals surface area contributed by atoms with E-state index in [0.717, 1.165) is 29.1 Å². The van der Waals surface area contributed by atoms with Gasteiger partial charge in [0.25, 0.3) is 0 Å². The molecule has 0 amide bonds. The number of aromatic nitrogens is 2. The van der Waals surface area contributed by atoms with Gasteiger partial charge in [-0.15, -0.1) is 0 Å². The number of piperidine rings is 1. The van der Waals surface area contributed by atoms with Crippen molar-refractivity contribution >= 4 is 28.6 Å². The predicted octanol–water partition coefficient (Wildman–Crippen LogP) is 2.61. The molecule has 0 aliphatic carbocycles. The van der Waals surface area contributed by atoms with Crippen LogP contribution >= 0.6 is 11.6 Å². The summed E-state index contributed by atoms with van der Waals surface area (Å²) in [4.78, 5) is 6.79. The average molecular weight is 279 g/mol. The summed E-state index contributed by atoms with van der Waals surface area (Å²) in [5.41, 5.74) is 8.01. The van der Waals surface area contributed by atoms with Gasteiger partial charge >= 0.3 is 0 Å². The van der Waals surface area contributed by atoms with Gasteiger partial charge in [-0.05, 0) is 50.6 Å². The highest BCUT2D eigenvalue weighted by atomic mass is 35.5. The van der Waals surface area contributed by atoms with Crippen molar-refractivity contribution in [3.05, 3.63) is 23.2 Å². The maximum absolute atomic E-state index is 6.08. The van der Waals surface area contributed by atoms with E-state index in [0.29, 0.717) is 11.9 Å². The van der Waals surface area contributed by atoms with Crippen LogP contribution in [0.5, 0.6) is 0 Å². The van der Waals surface area contributed by atoms with Gasteiger partial charge in [-0.25, -0.2) is 4.98 Å². The van der Waals surface area contributed by atoms with E-state index in [-0.39, 0.29) is 0 Å². The number of hydrogen-bond donors (Lipinski definition) is 1. The lowest BCUT2D eigenvalue weighted by molar-refractivity contribution is 0.196. The number of fused-ring (bicyclic) bond motifs is 1. The van der Waals surface area contributed by atoms with Gasteiger partial charge in [0, 0.05) is 18.1 Å². The van der Waals surface area contributed by atoms with Gasteiger partial charge in [0.1, 0.15) is 0 Å². The number of halogens is 1. The first-order valence-electron chi connectivity index (χ1n) is 6.73. The quantitative estimate of drug-likeness (QED) is 0.919. The Balaban J connectivity index is 1.91. The van der Waals surface area contributed by atoms with Crippen molar-refractivity contribution in [1.29, 1.82) is 0 Å². The maximum atomic E-state index is 6.08. The third-order valence-corrected chi connectivity index (χ3v) is 4.14. The Bertz CT molecular complexity index is 592. The summed E-state index contributed by atoms with van der Waals surface area (Å²) in [5.74, 6) is 1.22. The molecule has 2 aromatic rings. The summed E-state index contributed by atoms with van der Waals surface area (Å²) >= 11 is 6.08. The van der Waals surface area contributed by atoms with Crippen LogP contribution in [-0.4, -0.2) is 34.6 Å². The third-order valence-electron chi connectivity index (χ3n) is 3.90. The Kier molecular flexibility index (Phi) is 3.37. The summed E-state index contributed by atoms with van der Waals surface area (Å²) in [7, 11) is 2.18. The molecule has 1 aromatic carbocycles. The van der Waals surface area contributed by atoms with Crippen LogP contribution < -0.4 is 5.73 Å². The van der Waals surface area contributed by atoms with Crippen LogP contribution in [0.25, 0.3) is 11.0 Å². The number of nitrogen functional groups attached to an aromatic ring is 1. The number of benzene rings is 1. The second-order valence-corrected chi connectivity index (χ2v) is 5.92. The molecule has 19 heavy (non-hydrogen) atoms. The van der Waals surface area contributed by atoms with Crippen LogP contribution in [0.1, 0.15) is 12.8 Å². The SMILES string of the molecule is CN1CCCC(Cn2c(N)nc3ccc(Cl)cc32)C1. The minimum absolute atomic E-state index is 0.588. The van der Waals surface area contributed by atoms with Crippen molar-refractivity contribution in [3.63, 3.8) is 0 Å². The van der Waals surface area contributed by atoms with E-state index in [4.69, 9.17) is 17.3 Å². The van der Waals surface area contributed by atoms with E-state index in [9.17, 15) is 0 Å². The van der Waals surface area contributed by atoms with Gasteiger partial charge < -0.3 is 15.2 Å². The Morgan fingerprint density at radius 1 is 1.47 bits per heavy atom. The molecule has 0 bridgehead atoms. The number of nitrogens with two attached hydrogens (primary N) is 1. The standard InChI is InChI=1S/C14H19ClN4/c1-18-6-2-3-10(8-18)9-19-13-7-11(15)4-5-12(13)17-14(19)16/h4-5,7,10H,2-3,6,8-9H2,1H3,(H2,16,17). The topological polar surface area (TPSA) is 47.1 Å². The van der Waals surface area contributed by atoms with E-state index in [1.165, 1.54) is 19.4 Å². The molecule has 1 atom stereocenters. The minimum Gasteiger partial charge on any atom is -0.369 e. The number of anilines is 1. The van der Waals surface area contributed by atoms with Crippen molar-refractivity contribution in [2.75, 3.05) is 25.9 Å². The fourth-order valence-electron chi connectivity index (χ4n) is 2.99. The molecule has 1 aromatic heterocycles. The van der Waals surface area contributed by atoms with Gasteiger partial charge in [0.15, 0.2) is 0 Å². The van der Waals surface area contributed by atoms with Crippen LogP contribution in [0.3, 0.4) is 0 Å². The highest BCUT2D eigenvalue weighted by molar-refractivity contribution is 6.31. The molecule has 1 fully saturated rings. The zero-order valence-electron chi connectivity index (χ0n) is 11.1. The van der Waals surface area contributed by atoms with Crippen molar-refractivity contribution in [2.45, 2.75) is 19.4 Å². The van der Waals surface area contributed by atoms with Gasteiger partial charge in [0.2, 0.25) is 5.95 Å². The van der Waals surface area contributed by atoms with E-state index in [1.807, 2.05) is 18.2 Å². The molecule has 1 aliphatic heterocycles. The van der Waals surface area contributed by atoms with Gasteiger partial charge in [-0.3, -0.25) is 0 Å². The predicted molar refractivity (Wildman–Crippen MR) is 79.4 cm³/mol. The molecule has 1 saturated heterocycles. The van der Waals surface area contributed by atoms with Crippen LogP contribution in [-0.2, 0) is 6.54 Å². The van der Waals surface area contributed by atoms with Crippen LogP contribution in [0, 0.1) is 5.92 Å². The maximum Gasteiger partial charge on any atom is 0.201 e. The second kappa shape index (κ2) is 5.02. The molecule has 2 heterocycles. The van der Waals surface area contributed by atoms with E-state index in [1.54, 1.807) is 0 Å². The Morgan fingerprint density at radius 3 is 3.11 bits per heavy atom. The molecule has 4 nitrogen and oxygen atoms in total. The number of hydrogen-bond acceptors (Lipinski definition) is 3. The summed E-state index contributed by atoms with van der Waals surface area (Å²) in [6, 6.07) is 5.74. The molecule has 1 unspecified atom stereocenters. The van der Waals surface area contributed by atoms with Crippen molar-refractivity contribution in [2.24, 2.45) is 5.92 Å². The molecule has 0 spiro atoms. The highest BCUT2D eigenvalue weighted by Gasteiger charge is 2.19. The normalized spacial score (nSPS) is 21.1. The molecule has 0 radical (unpaired) electrons. The largest absolute Gasteiger partial charge is 0.369 e. The van der Waals surface area contributed by atoms with Crippen LogP contribution in [0.4, 0.5) is 5.95 Å². The van der Waals surface area contributed by atoms with Gasteiger partial charge in [-0.1, -0.05) is 11.6 Å². The average Bonchev–Trinajstić information content (AvgIpc) is 2.66. The molecular formula is C14H19ClN4. The Hall–Kier alpha value is -1.26. The molecule has 102 valence electrons. The lowest BCUT2D eigenvalue weighted by Crippen LogP contribution is -2.34. The van der Waals surface area contributed by atoms with E-state index in [2.05, 4.69) is 21.5 Å². The second-order valence-electron chi connectivity index (χ2n) is 5.48. The number of rotatable bonds is 2. The van der Waals surface area contributed by atoms with Crippen LogP contribution in [0.15, 0.2) is 18.2 Å². The monoisotopic (exact) mass is 278 g/mol. The zero-order valence-corrected chi connectivity index (χ0v) is 11.9. The smallest absolute Gasteiger partial charge is 0.201 e. The fourth-order valence-corrected chi connectivity index (χ4v) is 3.15. The highest BCUT2D eigenvalue weighted by Crippen LogP contribution is 2.25. The molecular weight excluding hydrogens is 260 g/mol. The lowest BCUT2D eigenvalue weighted by atomic mass is 9.98. The van der Waals surface area contributed by atoms with Gasteiger partial charge in [-0.2, -0.15) is 0 Å². The van der Waals surface area contributed by atoms with Crippen molar-refractivity contribution in [1.82, 2.24) is 14.5 Å². The van der Waals surface area contributed by atoms with Crippen molar-refractivity contribution < 1.29 is 0 Å². The Labute approximate surface area is 118 Å². The minimum atomic E-state index is 0.588. The van der Waals surface area contributed by atoms with E-state index >= 15 is 0 Å². The first-order valence-corrected chi connectivity index (χ1v) is 7.11. The van der Waals surface area contributed by atoms with Gasteiger partial charge in [0.05, 0.1) is 11.0 Å².